The van der Waals surface area contributed by atoms with Crippen molar-refractivity contribution >= 4 is 23.2 Å². The molecule has 4 nitrogen and oxygen atoms in total. The van der Waals surface area contributed by atoms with Crippen molar-refractivity contribution < 1.29 is 9.59 Å². The van der Waals surface area contributed by atoms with Crippen molar-refractivity contribution in [2.45, 2.75) is 39.5 Å². The Morgan fingerprint density at radius 2 is 1.85 bits per heavy atom. The lowest BCUT2D eigenvalue weighted by Gasteiger charge is -2.18. The van der Waals surface area contributed by atoms with E-state index in [4.69, 9.17) is 0 Å². The Balaban J connectivity index is 1.46. The summed E-state index contributed by atoms with van der Waals surface area (Å²) in [6, 6.07) is 14.1. The van der Waals surface area contributed by atoms with Gasteiger partial charge < -0.3 is 10.2 Å². The molecule has 1 aliphatic carbocycles. The van der Waals surface area contributed by atoms with Gasteiger partial charge in [0.2, 0.25) is 11.8 Å². The second-order valence-electron chi connectivity index (χ2n) is 8.00. The third-order valence-electron chi connectivity index (χ3n) is 5.77. The van der Waals surface area contributed by atoms with E-state index in [1.54, 1.807) is 0 Å². The lowest BCUT2D eigenvalue weighted by molar-refractivity contribution is -0.123. The first-order valence-corrected chi connectivity index (χ1v) is 9.77. The molecular weight excluding hydrogens is 336 g/mol. The molecule has 1 N–H and O–H groups in total. The smallest absolute Gasteiger partial charge is 0.230 e. The van der Waals surface area contributed by atoms with Gasteiger partial charge in [0.15, 0.2) is 0 Å². The number of para-hydroxylation sites is 2. The fraction of sp³-hybridized carbons (Fsp3) is 0.391. The summed E-state index contributed by atoms with van der Waals surface area (Å²) in [6.07, 6.45) is 1.54. The number of carbonyl (C=O) groups excluding carboxylic acids is 2. The van der Waals surface area contributed by atoms with Crippen LogP contribution in [0.2, 0.25) is 0 Å². The van der Waals surface area contributed by atoms with Gasteiger partial charge in [-0.25, -0.2) is 0 Å². The first kappa shape index (κ1) is 17.8. The normalized spacial score (nSPS) is 20.5. The van der Waals surface area contributed by atoms with Crippen molar-refractivity contribution in [1.29, 1.82) is 0 Å². The van der Waals surface area contributed by atoms with Crippen LogP contribution in [0.3, 0.4) is 0 Å². The number of nitrogens with one attached hydrogen (secondary N) is 1. The summed E-state index contributed by atoms with van der Waals surface area (Å²) in [6.45, 7) is 6.98. The number of nitrogens with zero attached hydrogens (tertiary/aromatic N) is 1. The van der Waals surface area contributed by atoms with E-state index < -0.39 is 0 Å². The Morgan fingerprint density at radius 3 is 2.63 bits per heavy atom. The van der Waals surface area contributed by atoms with Crippen molar-refractivity contribution in [2.24, 2.45) is 11.8 Å². The highest BCUT2D eigenvalue weighted by molar-refractivity contribution is 6.05. The Kier molecular flexibility index (Phi) is 4.50. The zero-order valence-electron chi connectivity index (χ0n) is 16.2. The topological polar surface area (TPSA) is 49.4 Å². The van der Waals surface area contributed by atoms with E-state index in [0.717, 1.165) is 35.5 Å². The van der Waals surface area contributed by atoms with E-state index >= 15 is 0 Å². The SMILES string of the molecule is Cc1cccc(C(C)C)c1NC(=O)C1CC1C(=O)N1CCc2ccccc21. The zero-order chi connectivity index (χ0) is 19.1. The molecule has 2 atom stereocenters. The van der Waals surface area contributed by atoms with Crippen molar-refractivity contribution in [3.05, 3.63) is 59.2 Å². The van der Waals surface area contributed by atoms with Gasteiger partial charge in [-0.15, -0.1) is 0 Å². The van der Waals surface area contributed by atoms with Crippen molar-refractivity contribution in [1.82, 2.24) is 0 Å². The van der Waals surface area contributed by atoms with Crippen LogP contribution < -0.4 is 10.2 Å². The third kappa shape index (κ3) is 3.25. The van der Waals surface area contributed by atoms with Gasteiger partial charge in [-0.2, -0.15) is 0 Å². The minimum atomic E-state index is -0.218. The van der Waals surface area contributed by atoms with Crippen LogP contribution in [-0.4, -0.2) is 18.4 Å². The summed E-state index contributed by atoms with van der Waals surface area (Å²) in [4.78, 5) is 27.6. The minimum Gasteiger partial charge on any atom is -0.325 e. The number of amides is 2. The molecule has 2 aliphatic rings. The summed E-state index contributed by atoms with van der Waals surface area (Å²) >= 11 is 0. The number of hydrogen-bond acceptors (Lipinski definition) is 2. The molecule has 1 heterocycles. The lowest BCUT2D eigenvalue weighted by atomic mass is 9.98. The second kappa shape index (κ2) is 6.84. The molecule has 27 heavy (non-hydrogen) atoms. The maximum absolute atomic E-state index is 12.9. The molecule has 2 aromatic rings. The third-order valence-corrected chi connectivity index (χ3v) is 5.77. The Labute approximate surface area is 160 Å². The van der Waals surface area contributed by atoms with Crippen molar-refractivity contribution in [3.8, 4) is 0 Å². The lowest BCUT2D eigenvalue weighted by Crippen LogP contribution is -2.32. The maximum Gasteiger partial charge on any atom is 0.230 e. The Hall–Kier alpha value is -2.62. The van der Waals surface area contributed by atoms with Gasteiger partial charge in [-0.1, -0.05) is 50.2 Å². The van der Waals surface area contributed by atoms with Crippen LogP contribution in [0.5, 0.6) is 0 Å². The highest BCUT2D eigenvalue weighted by Gasteiger charge is 2.50. The number of carbonyl (C=O) groups is 2. The van der Waals surface area contributed by atoms with E-state index in [2.05, 4.69) is 31.3 Å². The van der Waals surface area contributed by atoms with Gasteiger partial charge in [-0.05, 0) is 48.4 Å². The van der Waals surface area contributed by atoms with Crippen LogP contribution in [-0.2, 0) is 16.0 Å². The Bertz CT molecular complexity index is 903. The van der Waals surface area contributed by atoms with Crippen LogP contribution in [0.4, 0.5) is 11.4 Å². The molecule has 2 unspecified atom stereocenters. The molecule has 4 rings (SSSR count). The first-order chi connectivity index (χ1) is 13.0. The summed E-state index contributed by atoms with van der Waals surface area (Å²) in [5, 5.41) is 3.11. The number of hydrogen-bond donors (Lipinski definition) is 1. The molecule has 2 amide bonds. The van der Waals surface area contributed by atoms with Crippen LogP contribution >= 0.6 is 0 Å². The molecule has 0 spiro atoms. The standard InChI is InChI=1S/C23H26N2O2/c1-14(2)17-9-6-7-15(3)21(17)24-22(26)18-13-19(18)23(27)25-12-11-16-8-4-5-10-20(16)25/h4-10,14,18-19H,11-13H2,1-3H3,(H,24,26). The molecule has 1 aliphatic heterocycles. The van der Waals surface area contributed by atoms with Crippen LogP contribution in [0.1, 0.15) is 42.9 Å². The van der Waals surface area contributed by atoms with Gasteiger partial charge in [0, 0.05) is 17.9 Å². The van der Waals surface area contributed by atoms with Gasteiger partial charge in [0.25, 0.3) is 0 Å². The van der Waals surface area contributed by atoms with Crippen molar-refractivity contribution in [2.75, 3.05) is 16.8 Å². The number of benzene rings is 2. The number of anilines is 2. The largest absolute Gasteiger partial charge is 0.325 e. The highest BCUT2D eigenvalue weighted by atomic mass is 16.2. The van der Waals surface area contributed by atoms with Gasteiger partial charge in [0.05, 0.1) is 11.8 Å². The van der Waals surface area contributed by atoms with Gasteiger partial charge in [-0.3, -0.25) is 9.59 Å². The zero-order valence-corrected chi connectivity index (χ0v) is 16.2. The molecule has 2 aromatic carbocycles. The molecule has 1 saturated carbocycles. The predicted octanol–water partition coefficient (Wildman–Crippen LogP) is 4.28. The summed E-state index contributed by atoms with van der Waals surface area (Å²) in [5.74, 6) is -0.0171. The van der Waals surface area contributed by atoms with Gasteiger partial charge >= 0.3 is 0 Å². The van der Waals surface area contributed by atoms with E-state index in [1.165, 1.54) is 5.56 Å². The number of aryl methyl sites for hydroxylation is 1. The molecular formula is C23H26N2O2. The molecule has 0 saturated heterocycles. The molecule has 1 fully saturated rings. The van der Waals surface area contributed by atoms with Crippen LogP contribution in [0.15, 0.2) is 42.5 Å². The molecule has 140 valence electrons. The minimum absolute atomic E-state index is 0.0305. The number of rotatable bonds is 4. The fourth-order valence-electron chi connectivity index (χ4n) is 4.08. The maximum atomic E-state index is 12.9. The molecule has 0 bridgehead atoms. The Morgan fingerprint density at radius 1 is 1.07 bits per heavy atom. The monoisotopic (exact) mass is 362 g/mol. The highest BCUT2D eigenvalue weighted by Crippen LogP contribution is 2.43. The second-order valence-corrected chi connectivity index (χ2v) is 8.00. The summed E-state index contributed by atoms with van der Waals surface area (Å²) < 4.78 is 0. The van der Waals surface area contributed by atoms with Crippen LogP contribution in [0, 0.1) is 18.8 Å². The average Bonchev–Trinajstić information content (AvgIpc) is 3.34. The quantitative estimate of drug-likeness (QED) is 0.882. The molecule has 0 aromatic heterocycles. The van der Waals surface area contributed by atoms with E-state index in [0.29, 0.717) is 12.3 Å². The summed E-state index contributed by atoms with van der Waals surface area (Å²) in [7, 11) is 0. The molecule has 0 radical (unpaired) electrons. The molecule has 4 heteroatoms. The van der Waals surface area contributed by atoms with E-state index in [9.17, 15) is 9.59 Å². The van der Waals surface area contributed by atoms with Crippen LogP contribution in [0.25, 0.3) is 0 Å². The summed E-state index contributed by atoms with van der Waals surface area (Å²) in [5.41, 5.74) is 5.33. The first-order valence-electron chi connectivity index (χ1n) is 9.77. The van der Waals surface area contributed by atoms with E-state index in [1.807, 2.05) is 42.2 Å². The van der Waals surface area contributed by atoms with Crippen molar-refractivity contribution in [3.63, 3.8) is 0 Å². The fourth-order valence-corrected chi connectivity index (χ4v) is 4.08. The van der Waals surface area contributed by atoms with E-state index in [-0.39, 0.29) is 23.7 Å². The average molecular weight is 362 g/mol. The van der Waals surface area contributed by atoms with Gasteiger partial charge in [0.1, 0.15) is 0 Å². The predicted molar refractivity (Wildman–Crippen MR) is 108 cm³/mol. The number of fused-ring (bicyclic) bond motifs is 1.